The molecule has 0 aromatic carbocycles. The average Bonchev–Trinajstić information content (AvgIpc) is 2.67. The van der Waals surface area contributed by atoms with Crippen LogP contribution >= 0.6 is 0 Å². The Morgan fingerprint density at radius 3 is 3.05 bits per heavy atom. The number of hydrogen-bond donors (Lipinski definition) is 1. The molecule has 0 saturated carbocycles. The lowest BCUT2D eigenvalue weighted by Crippen LogP contribution is -2.49. The van der Waals surface area contributed by atoms with E-state index in [1.165, 1.54) is 12.8 Å². The molecule has 1 N–H and O–H groups in total. The Bertz CT molecular complexity index is 290. The molecule has 5 nitrogen and oxygen atoms in total. The molecule has 0 aromatic heterocycles. The molecule has 2 heterocycles. The Labute approximate surface area is 116 Å². The molecule has 0 aromatic rings. The number of rotatable bonds is 3. The third-order valence-electron chi connectivity index (χ3n) is 4.15. The summed E-state index contributed by atoms with van der Waals surface area (Å²) < 4.78 is 5.48. The molecule has 0 bridgehead atoms. The summed E-state index contributed by atoms with van der Waals surface area (Å²) in [5.74, 6) is 0.245. The number of hydrogen-bond acceptors (Lipinski definition) is 4. The highest BCUT2D eigenvalue weighted by atomic mass is 16.5. The number of likely N-dealkylation sites (N-methyl/N-ethyl adjacent to an activating group) is 1. The molecule has 110 valence electrons. The third-order valence-corrected chi connectivity index (χ3v) is 4.15. The fraction of sp³-hybridized carbons (Fsp3) is 0.929. The van der Waals surface area contributed by atoms with E-state index < -0.39 is 0 Å². The van der Waals surface area contributed by atoms with Crippen LogP contribution in [0.3, 0.4) is 0 Å². The van der Waals surface area contributed by atoms with Crippen LogP contribution in [0.1, 0.15) is 26.2 Å². The lowest BCUT2D eigenvalue weighted by molar-refractivity contribution is -0.139. The van der Waals surface area contributed by atoms with E-state index in [0.717, 1.165) is 32.6 Å². The maximum atomic E-state index is 12.3. The van der Waals surface area contributed by atoms with Gasteiger partial charge in [-0.1, -0.05) is 0 Å². The van der Waals surface area contributed by atoms with Gasteiger partial charge in [-0.3, -0.25) is 9.69 Å². The predicted octanol–water partition coefficient (Wildman–Crippen LogP) is 0.308. The molecular weight excluding hydrogens is 242 g/mol. The molecule has 2 fully saturated rings. The van der Waals surface area contributed by atoms with Crippen molar-refractivity contribution in [2.75, 3.05) is 46.4 Å². The highest BCUT2D eigenvalue weighted by Crippen LogP contribution is 2.12. The zero-order chi connectivity index (χ0) is 13.7. The quantitative estimate of drug-likeness (QED) is 0.801. The van der Waals surface area contributed by atoms with Crippen LogP contribution in [0.5, 0.6) is 0 Å². The first-order valence-electron chi connectivity index (χ1n) is 7.47. The molecule has 5 heteroatoms. The SMILES string of the molecule is CC1CN(C(=O)CN(C)C2CCCNCC2)CCO1. The summed E-state index contributed by atoms with van der Waals surface area (Å²) in [5.41, 5.74) is 0. The van der Waals surface area contributed by atoms with Gasteiger partial charge < -0.3 is 15.0 Å². The smallest absolute Gasteiger partial charge is 0.236 e. The molecule has 1 amide bonds. The molecule has 2 aliphatic rings. The van der Waals surface area contributed by atoms with E-state index in [4.69, 9.17) is 4.74 Å². The zero-order valence-corrected chi connectivity index (χ0v) is 12.2. The van der Waals surface area contributed by atoms with Gasteiger partial charge in [-0.2, -0.15) is 0 Å². The first kappa shape index (κ1) is 14.8. The molecular formula is C14H27N3O2. The highest BCUT2D eigenvalue weighted by molar-refractivity contribution is 5.78. The van der Waals surface area contributed by atoms with Crippen molar-refractivity contribution < 1.29 is 9.53 Å². The summed E-state index contributed by atoms with van der Waals surface area (Å²) in [5, 5.41) is 3.42. The maximum Gasteiger partial charge on any atom is 0.236 e. The number of nitrogens with zero attached hydrogens (tertiary/aromatic N) is 2. The van der Waals surface area contributed by atoms with Crippen LogP contribution in [0.2, 0.25) is 0 Å². The normalized spacial score (nSPS) is 29.3. The molecule has 0 spiro atoms. The Morgan fingerprint density at radius 2 is 2.26 bits per heavy atom. The number of ether oxygens (including phenoxy) is 1. The van der Waals surface area contributed by atoms with Crippen molar-refractivity contribution >= 4 is 5.91 Å². The first-order chi connectivity index (χ1) is 9.16. The summed E-state index contributed by atoms with van der Waals surface area (Å²) in [6.45, 7) is 6.89. The average molecular weight is 269 g/mol. The van der Waals surface area contributed by atoms with Crippen LogP contribution in [-0.4, -0.2) is 74.2 Å². The third kappa shape index (κ3) is 4.44. The van der Waals surface area contributed by atoms with Crippen molar-refractivity contribution in [2.24, 2.45) is 0 Å². The Hall–Kier alpha value is -0.650. The van der Waals surface area contributed by atoms with Crippen LogP contribution in [0, 0.1) is 0 Å². The van der Waals surface area contributed by atoms with Gasteiger partial charge in [0.05, 0.1) is 19.3 Å². The van der Waals surface area contributed by atoms with Gasteiger partial charge in [0, 0.05) is 19.1 Å². The van der Waals surface area contributed by atoms with Gasteiger partial charge in [-0.25, -0.2) is 0 Å². The van der Waals surface area contributed by atoms with E-state index in [1.54, 1.807) is 0 Å². The van der Waals surface area contributed by atoms with E-state index in [2.05, 4.69) is 17.3 Å². The van der Waals surface area contributed by atoms with E-state index in [1.807, 2.05) is 11.8 Å². The number of carbonyl (C=O) groups excluding carboxylic acids is 1. The lowest BCUT2D eigenvalue weighted by Gasteiger charge is -2.34. The number of nitrogens with one attached hydrogen (secondary N) is 1. The lowest BCUT2D eigenvalue weighted by atomic mass is 10.1. The fourth-order valence-electron chi connectivity index (χ4n) is 2.93. The van der Waals surface area contributed by atoms with Crippen LogP contribution < -0.4 is 5.32 Å². The van der Waals surface area contributed by atoms with Crippen LogP contribution in [0.15, 0.2) is 0 Å². The van der Waals surface area contributed by atoms with E-state index in [-0.39, 0.29) is 12.0 Å². The molecule has 19 heavy (non-hydrogen) atoms. The summed E-state index contributed by atoms with van der Waals surface area (Å²) in [7, 11) is 2.08. The van der Waals surface area contributed by atoms with E-state index >= 15 is 0 Å². The van der Waals surface area contributed by atoms with Gasteiger partial charge in [0.15, 0.2) is 0 Å². The summed E-state index contributed by atoms with van der Waals surface area (Å²) in [6, 6.07) is 0.539. The maximum absolute atomic E-state index is 12.3. The van der Waals surface area contributed by atoms with Crippen molar-refractivity contribution in [3.05, 3.63) is 0 Å². The Kier molecular flexibility index (Phi) is 5.60. The summed E-state index contributed by atoms with van der Waals surface area (Å²) >= 11 is 0. The summed E-state index contributed by atoms with van der Waals surface area (Å²) in [4.78, 5) is 16.5. The fourth-order valence-corrected chi connectivity index (χ4v) is 2.93. The minimum Gasteiger partial charge on any atom is -0.375 e. The topological polar surface area (TPSA) is 44.8 Å². The van der Waals surface area contributed by atoms with Crippen molar-refractivity contribution in [3.63, 3.8) is 0 Å². The van der Waals surface area contributed by atoms with Crippen LogP contribution in [-0.2, 0) is 9.53 Å². The minimum atomic E-state index is 0.171. The highest BCUT2D eigenvalue weighted by Gasteiger charge is 2.24. The second kappa shape index (κ2) is 7.22. The zero-order valence-electron chi connectivity index (χ0n) is 12.2. The number of morpholine rings is 1. The molecule has 0 aliphatic carbocycles. The van der Waals surface area contributed by atoms with Gasteiger partial charge in [-0.05, 0) is 46.3 Å². The van der Waals surface area contributed by atoms with Crippen LogP contribution in [0.25, 0.3) is 0 Å². The molecule has 2 atom stereocenters. The van der Waals surface area contributed by atoms with Crippen molar-refractivity contribution in [2.45, 2.75) is 38.3 Å². The number of amides is 1. The largest absolute Gasteiger partial charge is 0.375 e. The summed E-state index contributed by atoms with van der Waals surface area (Å²) in [6.07, 6.45) is 3.71. The Morgan fingerprint density at radius 1 is 1.42 bits per heavy atom. The molecule has 2 saturated heterocycles. The second-order valence-electron chi connectivity index (χ2n) is 5.77. The van der Waals surface area contributed by atoms with Gasteiger partial charge in [-0.15, -0.1) is 0 Å². The predicted molar refractivity (Wildman–Crippen MR) is 75.1 cm³/mol. The van der Waals surface area contributed by atoms with Crippen molar-refractivity contribution in [3.8, 4) is 0 Å². The van der Waals surface area contributed by atoms with Crippen molar-refractivity contribution in [1.82, 2.24) is 15.1 Å². The molecule has 2 rings (SSSR count). The number of carbonyl (C=O) groups is 1. The van der Waals surface area contributed by atoms with E-state index in [9.17, 15) is 4.79 Å². The minimum absolute atomic E-state index is 0.171. The van der Waals surface area contributed by atoms with Gasteiger partial charge >= 0.3 is 0 Å². The van der Waals surface area contributed by atoms with Crippen LogP contribution in [0.4, 0.5) is 0 Å². The molecule has 2 aliphatic heterocycles. The standard InChI is InChI=1S/C14H27N3O2/c1-12-10-17(8-9-19-12)14(18)11-16(2)13-4-3-6-15-7-5-13/h12-13,15H,3-11H2,1-2H3. The van der Waals surface area contributed by atoms with Gasteiger partial charge in [0.2, 0.25) is 5.91 Å². The molecule has 2 unspecified atom stereocenters. The monoisotopic (exact) mass is 269 g/mol. The second-order valence-corrected chi connectivity index (χ2v) is 5.77. The van der Waals surface area contributed by atoms with Gasteiger partial charge in [0.25, 0.3) is 0 Å². The Balaban J connectivity index is 1.80. The van der Waals surface area contributed by atoms with E-state index in [0.29, 0.717) is 19.2 Å². The first-order valence-corrected chi connectivity index (χ1v) is 7.47. The van der Waals surface area contributed by atoms with Gasteiger partial charge in [0.1, 0.15) is 0 Å². The molecule has 0 radical (unpaired) electrons. The van der Waals surface area contributed by atoms with Crippen molar-refractivity contribution in [1.29, 1.82) is 0 Å².